The van der Waals surface area contributed by atoms with Crippen molar-refractivity contribution in [3.05, 3.63) is 0 Å². The second-order valence-electron chi connectivity index (χ2n) is 4.15. The van der Waals surface area contributed by atoms with Crippen LogP contribution in [0.15, 0.2) is 0 Å². The van der Waals surface area contributed by atoms with Crippen molar-refractivity contribution in [2.45, 2.75) is 38.1 Å². The van der Waals surface area contributed by atoms with Crippen molar-refractivity contribution in [2.24, 2.45) is 5.92 Å². The summed E-state index contributed by atoms with van der Waals surface area (Å²) in [4.78, 5) is 11.2. The Bertz CT molecular complexity index is 257. The minimum atomic E-state index is -0.774. The minimum Gasteiger partial charge on any atom is -0.480 e. The van der Waals surface area contributed by atoms with E-state index in [-0.39, 0.29) is 0 Å². The Morgan fingerprint density at radius 1 is 1.79 bits per heavy atom. The quantitative estimate of drug-likeness (QED) is 0.666. The fourth-order valence-electron chi connectivity index (χ4n) is 2.20. The summed E-state index contributed by atoms with van der Waals surface area (Å²) in [7, 11) is 0. The molecule has 78 valence electrons. The molecule has 1 aliphatic carbocycles. The number of carbonyl (C=O) groups is 1. The molecular formula is C11H17NO2. The van der Waals surface area contributed by atoms with Crippen LogP contribution in [-0.2, 0) is 4.79 Å². The first-order chi connectivity index (χ1) is 6.60. The van der Waals surface area contributed by atoms with Crippen molar-refractivity contribution in [1.82, 2.24) is 5.32 Å². The van der Waals surface area contributed by atoms with Crippen molar-refractivity contribution in [3.8, 4) is 12.3 Å². The lowest BCUT2D eigenvalue weighted by Gasteiger charge is -2.36. The molecule has 2 N–H and O–H groups in total. The molecule has 0 spiro atoms. The number of carboxylic acid groups (broad SMARTS) is 1. The maximum absolute atomic E-state index is 11.2. The van der Waals surface area contributed by atoms with E-state index in [9.17, 15) is 9.90 Å². The zero-order valence-corrected chi connectivity index (χ0v) is 8.55. The van der Waals surface area contributed by atoms with Crippen LogP contribution in [0.25, 0.3) is 0 Å². The van der Waals surface area contributed by atoms with Gasteiger partial charge in [0.25, 0.3) is 0 Å². The van der Waals surface area contributed by atoms with E-state index in [2.05, 4.69) is 18.2 Å². The van der Waals surface area contributed by atoms with Crippen LogP contribution in [0.3, 0.4) is 0 Å². The van der Waals surface area contributed by atoms with Gasteiger partial charge in [-0.3, -0.25) is 10.1 Å². The van der Waals surface area contributed by atoms with Crippen LogP contribution < -0.4 is 5.32 Å². The Morgan fingerprint density at radius 3 is 3.00 bits per heavy atom. The lowest BCUT2D eigenvalue weighted by atomic mass is 9.76. The molecular weight excluding hydrogens is 178 g/mol. The molecule has 1 saturated carbocycles. The standard InChI is InChI=1S/C11H17NO2/c1-3-7-12-11(10(13)14)6-4-5-9(2)8-11/h1,9,12H,4-8H2,2H3,(H,13,14). The third-order valence-corrected chi connectivity index (χ3v) is 2.94. The van der Waals surface area contributed by atoms with Gasteiger partial charge in [-0.15, -0.1) is 6.42 Å². The molecule has 1 rings (SSSR count). The highest BCUT2D eigenvalue weighted by molar-refractivity contribution is 5.79. The Hall–Kier alpha value is -1.01. The van der Waals surface area contributed by atoms with E-state index in [1.54, 1.807) is 0 Å². The largest absolute Gasteiger partial charge is 0.480 e. The molecule has 1 fully saturated rings. The molecule has 1 aliphatic rings. The first-order valence-electron chi connectivity index (χ1n) is 5.02. The first kappa shape index (κ1) is 11.1. The molecule has 2 atom stereocenters. The van der Waals surface area contributed by atoms with E-state index in [0.29, 0.717) is 25.3 Å². The van der Waals surface area contributed by atoms with Gasteiger partial charge in [0, 0.05) is 0 Å². The molecule has 0 aromatic rings. The molecule has 0 bridgehead atoms. The van der Waals surface area contributed by atoms with Crippen molar-refractivity contribution in [1.29, 1.82) is 0 Å². The van der Waals surface area contributed by atoms with Crippen molar-refractivity contribution >= 4 is 5.97 Å². The topological polar surface area (TPSA) is 49.3 Å². The fraction of sp³-hybridized carbons (Fsp3) is 0.727. The lowest BCUT2D eigenvalue weighted by Crippen LogP contribution is -2.54. The number of carboxylic acids is 1. The van der Waals surface area contributed by atoms with Crippen molar-refractivity contribution < 1.29 is 9.90 Å². The van der Waals surface area contributed by atoms with Gasteiger partial charge in [-0.1, -0.05) is 25.7 Å². The van der Waals surface area contributed by atoms with Gasteiger partial charge in [-0.05, 0) is 18.8 Å². The average molecular weight is 195 g/mol. The van der Waals surface area contributed by atoms with Crippen LogP contribution >= 0.6 is 0 Å². The van der Waals surface area contributed by atoms with Crippen LogP contribution in [0.2, 0.25) is 0 Å². The normalized spacial score (nSPS) is 32.1. The van der Waals surface area contributed by atoms with Gasteiger partial charge in [0.1, 0.15) is 5.54 Å². The first-order valence-corrected chi connectivity index (χ1v) is 5.02. The van der Waals surface area contributed by atoms with E-state index in [4.69, 9.17) is 6.42 Å². The summed E-state index contributed by atoms with van der Waals surface area (Å²) in [6.45, 7) is 2.42. The smallest absolute Gasteiger partial charge is 0.323 e. The number of aliphatic carboxylic acids is 1. The third kappa shape index (κ3) is 2.27. The second kappa shape index (κ2) is 4.47. The highest BCUT2D eigenvalue weighted by Gasteiger charge is 2.41. The van der Waals surface area contributed by atoms with Crippen LogP contribution in [0, 0.1) is 18.3 Å². The second-order valence-corrected chi connectivity index (χ2v) is 4.15. The molecule has 3 nitrogen and oxygen atoms in total. The molecule has 0 saturated heterocycles. The molecule has 0 aromatic heterocycles. The van der Waals surface area contributed by atoms with Gasteiger partial charge in [0.15, 0.2) is 0 Å². The van der Waals surface area contributed by atoms with Crippen molar-refractivity contribution in [2.75, 3.05) is 6.54 Å². The van der Waals surface area contributed by atoms with Gasteiger partial charge in [-0.25, -0.2) is 0 Å². The van der Waals surface area contributed by atoms with Crippen LogP contribution in [0.1, 0.15) is 32.6 Å². The highest BCUT2D eigenvalue weighted by Crippen LogP contribution is 2.32. The maximum atomic E-state index is 11.2. The van der Waals surface area contributed by atoms with Gasteiger partial charge in [-0.2, -0.15) is 0 Å². The molecule has 0 radical (unpaired) electrons. The Balaban J connectivity index is 2.70. The Morgan fingerprint density at radius 2 is 2.50 bits per heavy atom. The zero-order valence-electron chi connectivity index (χ0n) is 8.55. The van der Waals surface area contributed by atoms with Gasteiger partial charge in [0.05, 0.1) is 6.54 Å². The number of terminal acetylenes is 1. The molecule has 0 amide bonds. The minimum absolute atomic E-state index is 0.332. The van der Waals surface area contributed by atoms with Gasteiger partial charge < -0.3 is 5.11 Å². The molecule has 0 aromatic carbocycles. The van der Waals surface area contributed by atoms with E-state index >= 15 is 0 Å². The van der Waals surface area contributed by atoms with Gasteiger partial charge >= 0.3 is 5.97 Å². The van der Waals surface area contributed by atoms with E-state index in [0.717, 1.165) is 12.8 Å². The number of hydrogen-bond donors (Lipinski definition) is 2. The number of hydrogen-bond acceptors (Lipinski definition) is 2. The summed E-state index contributed by atoms with van der Waals surface area (Å²) in [5.41, 5.74) is -0.774. The monoisotopic (exact) mass is 195 g/mol. The summed E-state index contributed by atoms with van der Waals surface area (Å²) < 4.78 is 0. The molecule has 0 aliphatic heterocycles. The summed E-state index contributed by atoms with van der Waals surface area (Å²) in [6, 6.07) is 0. The summed E-state index contributed by atoms with van der Waals surface area (Å²) in [5.74, 6) is 2.13. The molecule has 14 heavy (non-hydrogen) atoms. The number of nitrogens with one attached hydrogen (secondary N) is 1. The Kier molecular flexibility index (Phi) is 3.54. The molecule has 0 heterocycles. The van der Waals surface area contributed by atoms with Gasteiger partial charge in [0.2, 0.25) is 0 Å². The van der Waals surface area contributed by atoms with Crippen LogP contribution in [0.5, 0.6) is 0 Å². The number of rotatable bonds is 3. The molecule has 2 unspecified atom stereocenters. The van der Waals surface area contributed by atoms with E-state index in [1.165, 1.54) is 0 Å². The fourth-order valence-corrected chi connectivity index (χ4v) is 2.20. The summed E-state index contributed by atoms with van der Waals surface area (Å²) in [5, 5.41) is 12.2. The average Bonchev–Trinajstić information content (AvgIpc) is 2.14. The van der Waals surface area contributed by atoms with Crippen LogP contribution in [-0.4, -0.2) is 23.2 Å². The van der Waals surface area contributed by atoms with E-state index in [1.807, 2.05) is 0 Å². The molecule has 3 heteroatoms. The van der Waals surface area contributed by atoms with E-state index < -0.39 is 11.5 Å². The third-order valence-electron chi connectivity index (χ3n) is 2.94. The summed E-state index contributed by atoms with van der Waals surface area (Å²) >= 11 is 0. The summed E-state index contributed by atoms with van der Waals surface area (Å²) in [6.07, 6.45) is 8.59. The predicted molar refractivity (Wildman–Crippen MR) is 54.8 cm³/mol. The van der Waals surface area contributed by atoms with Crippen molar-refractivity contribution in [3.63, 3.8) is 0 Å². The highest BCUT2D eigenvalue weighted by atomic mass is 16.4. The maximum Gasteiger partial charge on any atom is 0.323 e. The van der Waals surface area contributed by atoms with Crippen LogP contribution in [0.4, 0.5) is 0 Å². The predicted octanol–water partition coefficient (Wildman–Crippen LogP) is 1.24. The SMILES string of the molecule is C#CCNC1(C(=O)O)CCCC(C)C1. The Labute approximate surface area is 84.9 Å². The lowest BCUT2D eigenvalue weighted by molar-refractivity contribution is -0.147. The zero-order chi connectivity index (χ0) is 10.6.